The summed E-state index contributed by atoms with van der Waals surface area (Å²) in [7, 11) is 0. The number of fused-ring (bicyclic) bond motifs is 1. The van der Waals surface area contributed by atoms with Crippen LogP contribution in [-0.2, 0) is 11.2 Å². The maximum atomic E-state index is 13.0. The maximum absolute atomic E-state index is 13.0. The van der Waals surface area contributed by atoms with Crippen molar-refractivity contribution in [3.05, 3.63) is 65.5 Å². The Balaban J connectivity index is 2.07. The molecule has 1 N–H and O–H groups in total. The normalized spacial score (nSPS) is 15.8. The first-order chi connectivity index (χ1) is 10.1. The Morgan fingerprint density at radius 1 is 1.05 bits per heavy atom. The van der Waals surface area contributed by atoms with Crippen molar-refractivity contribution in [3.63, 3.8) is 0 Å². The number of halogens is 1. The zero-order valence-electron chi connectivity index (χ0n) is 11.5. The SMILES string of the molecule is O=C(O)/C=C1\CCCc2ccc(-c3ccc(F)cc3)cc21. The molecular formula is C18H15FO2. The summed E-state index contributed by atoms with van der Waals surface area (Å²) < 4.78 is 13.0. The molecule has 2 nitrogen and oxygen atoms in total. The third kappa shape index (κ3) is 2.87. The van der Waals surface area contributed by atoms with E-state index in [0.717, 1.165) is 41.5 Å². The summed E-state index contributed by atoms with van der Waals surface area (Å²) in [5.74, 6) is -1.17. The number of hydrogen-bond acceptors (Lipinski definition) is 1. The average Bonchev–Trinajstić information content (AvgIpc) is 2.47. The molecule has 0 aliphatic heterocycles. The summed E-state index contributed by atoms with van der Waals surface area (Å²) in [5.41, 5.74) is 4.96. The molecule has 0 spiro atoms. The fourth-order valence-corrected chi connectivity index (χ4v) is 2.82. The van der Waals surface area contributed by atoms with Crippen LogP contribution in [0, 0.1) is 5.82 Å². The van der Waals surface area contributed by atoms with Crippen LogP contribution < -0.4 is 0 Å². The molecule has 0 atom stereocenters. The fourth-order valence-electron chi connectivity index (χ4n) is 2.82. The molecule has 106 valence electrons. The molecule has 1 aliphatic carbocycles. The molecule has 3 rings (SSSR count). The van der Waals surface area contributed by atoms with Gasteiger partial charge < -0.3 is 5.11 Å². The van der Waals surface area contributed by atoms with Gasteiger partial charge in [-0.2, -0.15) is 0 Å². The molecule has 0 saturated carbocycles. The van der Waals surface area contributed by atoms with E-state index in [4.69, 9.17) is 5.11 Å². The number of aryl methyl sites for hydroxylation is 1. The van der Waals surface area contributed by atoms with Gasteiger partial charge in [-0.05, 0) is 65.3 Å². The van der Waals surface area contributed by atoms with E-state index in [1.807, 2.05) is 18.2 Å². The first-order valence-electron chi connectivity index (χ1n) is 6.96. The number of carboxylic acids is 1. The van der Waals surface area contributed by atoms with Crippen LogP contribution in [0.4, 0.5) is 4.39 Å². The van der Waals surface area contributed by atoms with Gasteiger partial charge in [-0.1, -0.05) is 24.3 Å². The van der Waals surface area contributed by atoms with Gasteiger partial charge in [-0.15, -0.1) is 0 Å². The number of hydrogen-bond donors (Lipinski definition) is 1. The molecule has 2 aromatic rings. The average molecular weight is 282 g/mol. The molecule has 0 saturated heterocycles. The van der Waals surface area contributed by atoms with Crippen LogP contribution in [0.5, 0.6) is 0 Å². The summed E-state index contributed by atoms with van der Waals surface area (Å²) in [6.45, 7) is 0. The summed E-state index contributed by atoms with van der Waals surface area (Å²) >= 11 is 0. The molecule has 1 aliphatic rings. The number of aliphatic carboxylic acids is 1. The number of allylic oxidation sites excluding steroid dienone is 1. The Hall–Kier alpha value is -2.42. The Morgan fingerprint density at radius 2 is 1.76 bits per heavy atom. The zero-order valence-corrected chi connectivity index (χ0v) is 11.5. The lowest BCUT2D eigenvalue weighted by molar-refractivity contribution is -0.131. The highest BCUT2D eigenvalue weighted by Crippen LogP contribution is 2.34. The van der Waals surface area contributed by atoms with Crippen molar-refractivity contribution < 1.29 is 14.3 Å². The van der Waals surface area contributed by atoms with Crippen LogP contribution >= 0.6 is 0 Å². The Morgan fingerprint density at radius 3 is 2.48 bits per heavy atom. The highest BCUT2D eigenvalue weighted by atomic mass is 19.1. The lowest BCUT2D eigenvalue weighted by Gasteiger charge is -2.19. The van der Waals surface area contributed by atoms with Crippen LogP contribution in [0.3, 0.4) is 0 Å². The summed E-state index contributed by atoms with van der Waals surface area (Å²) in [4.78, 5) is 11.0. The van der Waals surface area contributed by atoms with Gasteiger partial charge in [0, 0.05) is 6.08 Å². The smallest absolute Gasteiger partial charge is 0.328 e. The van der Waals surface area contributed by atoms with Gasteiger partial charge in [0.15, 0.2) is 0 Å². The molecule has 0 unspecified atom stereocenters. The largest absolute Gasteiger partial charge is 0.478 e. The molecule has 0 aromatic heterocycles. The maximum Gasteiger partial charge on any atom is 0.328 e. The van der Waals surface area contributed by atoms with Crippen molar-refractivity contribution in [3.8, 4) is 11.1 Å². The number of carbonyl (C=O) groups is 1. The quantitative estimate of drug-likeness (QED) is 0.834. The third-order valence-electron chi connectivity index (χ3n) is 3.82. The second kappa shape index (κ2) is 5.52. The van der Waals surface area contributed by atoms with E-state index in [9.17, 15) is 9.18 Å². The van der Waals surface area contributed by atoms with E-state index >= 15 is 0 Å². The number of carboxylic acid groups (broad SMARTS) is 1. The minimum Gasteiger partial charge on any atom is -0.478 e. The van der Waals surface area contributed by atoms with E-state index in [0.29, 0.717) is 0 Å². The van der Waals surface area contributed by atoms with E-state index in [1.54, 1.807) is 12.1 Å². The second-order valence-corrected chi connectivity index (χ2v) is 5.24. The van der Waals surface area contributed by atoms with Crippen molar-refractivity contribution >= 4 is 11.5 Å². The van der Waals surface area contributed by atoms with Gasteiger partial charge >= 0.3 is 5.97 Å². The highest BCUT2D eigenvalue weighted by molar-refractivity contribution is 5.91. The molecule has 21 heavy (non-hydrogen) atoms. The second-order valence-electron chi connectivity index (χ2n) is 5.24. The van der Waals surface area contributed by atoms with E-state index < -0.39 is 5.97 Å². The first-order valence-corrected chi connectivity index (χ1v) is 6.96. The fraction of sp³-hybridized carbons (Fsp3) is 0.167. The van der Waals surface area contributed by atoms with E-state index in [1.165, 1.54) is 23.8 Å². The molecule has 0 heterocycles. The van der Waals surface area contributed by atoms with Crippen LogP contribution in [0.2, 0.25) is 0 Å². The Kier molecular flexibility index (Phi) is 3.57. The Bertz CT molecular complexity index is 714. The van der Waals surface area contributed by atoms with Crippen LogP contribution in [0.25, 0.3) is 16.7 Å². The first kappa shape index (κ1) is 13.6. The molecule has 2 aromatic carbocycles. The topological polar surface area (TPSA) is 37.3 Å². The molecule has 0 radical (unpaired) electrons. The highest BCUT2D eigenvalue weighted by Gasteiger charge is 2.16. The standard InChI is InChI=1S/C18H15FO2/c19-16-8-6-12(7-9-16)14-5-4-13-2-1-3-15(11-18(20)21)17(13)10-14/h4-11H,1-3H2,(H,20,21)/b15-11+. The molecule has 0 fully saturated rings. The summed E-state index contributed by atoms with van der Waals surface area (Å²) in [5, 5.41) is 8.99. The molecule has 3 heteroatoms. The lowest BCUT2D eigenvalue weighted by atomic mass is 9.85. The summed E-state index contributed by atoms with van der Waals surface area (Å²) in [6.07, 6.45) is 4.02. The van der Waals surface area contributed by atoms with Crippen molar-refractivity contribution in [1.82, 2.24) is 0 Å². The van der Waals surface area contributed by atoms with Gasteiger partial charge in [0.1, 0.15) is 5.82 Å². The number of rotatable bonds is 2. The minimum atomic E-state index is -0.912. The molecule has 0 bridgehead atoms. The zero-order chi connectivity index (χ0) is 14.8. The van der Waals surface area contributed by atoms with Crippen molar-refractivity contribution in [2.45, 2.75) is 19.3 Å². The minimum absolute atomic E-state index is 0.261. The molecular weight excluding hydrogens is 267 g/mol. The van der Waals surface area contributed by atoms with Gasteiger partial charge in [0.2, 0.25) is 0 Å². The monoisotopic (exact) mass is 282 g/mol. The van der Waals surface area contributed by atoms with E-state index in [2.05, 4.69) is 0 Å². The van der Waals surface area contributed by atoms with E-state index in [-0.39, 0.29) is 5.82 Å². The number of benzene rings is 2. The van der Waals surface area contributed by atoms with Crippen LogP contribution in [0.1, 0.15) is 24.0 Å². The summed E-state index contributed by atoms with van der Waals surface area (Å²) in [6, 6.07) is 12.4. The van der Waals surface area contributed by atoms with Crippen molar-refractivity contribution in [1.29, 1.82) is 0 Å². The third-order valence-corrected chi connectivity index (χ3v) is 3.82. The van der Waals surface area contributed by atoms with Crippen molar-refractivity contribution in [2.75, 3.05) is 0 Å². The van der Waals surface area contributed by atoms with Gasteiger partial charge in [0.25, 0.3) is 0 Å². The van der Waals surface area contributed by atoms with Gasteiger partial charge in [-0.25, -0.2) is 9.18 Å². The van der Waals surface area contributed by atoms with Crippen LogP contribution in [-0.4, -0.2) is 11.1 Å². The van der Waals surface area contributed by atoms with Crippen LogP contribution in [0.15, 0.2) is 48.5 Å². The lowest BCUT2D eigenvalue weighted by Crippen LogP contribution is -2.04. The molecule has 0 amide bonds. The van der Waals surface area contributed by atoms with Crippen molar-refractivity contribution in [2.24, 2.45) is 0 Å². The predicted molar refractivity (Wildman–Crippen MR) is 80.4 cm³/mol. The predicted octanol–water partition coefficient (Wildman–Crippen LogP) is 4.30. The van der Waals surface area contributed by atoms with Gasteiger partial charge in [0.05, 0.1) is 0 Å². The Labute approximate surface area is 122 Å². The van der Waals surface area contributed by atoms with Gasteiger partial charge in [-0.3, -0.25) is 0 Å².